The van der Waals surface area contributed by atoms with E-state index >= 15 is 0 Å². The van der Waals surface area contributed by atoms with Crippen LogP contribution in [0.2, 0.25) is 0 Å². The molecule has 1 heterocycles. The van der Waals surface area contributed by atoms with Crippen molar-refractivity contribution in [2.75, 3.05) is 13.2 Å². The van der Waals surface area contributed by atoms with Crippen LogP contribution in [0.25, 0.3) is 0 Å². The zero-order valence-corrected chi connectivity index (χ0v) is 17.8. The zero-order chi connectivity index (χ0) is 20.5. The van der Waals surface area contributed by atoms with Crippen LogP contribution in [-0.4, -0.2) is 28.8 Å². The summed E-state index contributed by atoms with van der Waals surface area (Å²) in [5.41, 5.74) is 1.95. The van der Waals surface area contributed by atoms with Gasteiger partial charge in [-0.2, -0.15) is 0 Å². The molecule has 1 aliphatic heterocycles. The Morgan fingerprint density at radius 1 is 1.04 bits per heavy atom. The highest BCUT2D eigenvalue weighted by Crippen LogP contribution is 2.41. The molecule has 1 aromatic rings. The molecule has 1 fully saturated rings. The Labute approximate surface area is 168 Å². The Bertz CT molecular complexity index is 657. The lowest BCUT2D eigenvalue weighted by atomic mass is 9.82. The van der Waals surface area contributed by atoms with Crippen LogP contribution < -0.4 is 5.32 Å². The van der Waals surface area contributed by atoms with Gasteiger partial charge in [-0.15, -0.1) is 0 Å². The Kier molecular flexibility index (Phi) is 9.16. The standard InChI is InChI=1S/C21H34NO5P/c1-2-3-4-5-6-7-8-18-9-11-19(12-10-18)13-14-21(15-20(23)22-16-21)17-27-28(24,25)26/h9-12H,2-8,13-17H2,1H3,(H,22,23)(H2,24,25,26). The summed E-state index contributed by atoms with van der Waals surface area (Å²) < 4.78 is 15.8. The molecule has 0 bridgehead atoms. The summed E-state index contributed by atoms with van der Waals surface area (Å²) in [6.45, 7) is 2.50. The number of aryl methyl sites for hydroxylation is 2. The van der Waals surface area contributed by atoms with Gasteiger partial charge in [-0.25, -0.2) is 4.57 Å². The molecular formula is C21H34NO5P. The van der Waals surface area contributed by atoms with Crippen molar-refractivity contribution in [1.82, 2.24) is 5.32 Å². The van der Waals surface area contributed by atoms with E-state index in [1.54, 1.807) is 0 Å². The fourth-order valence-corrected chi connectivity index (χ4v) is 4.16. The number of phosphoric ester groups is 1. The maximum atomic E-state index is 11.7. The van der Waals surface area contributed by atoms with Crippen molar-refractivity contribution in [2.45, 2.75) is 71.1 Å². The van der Waals surface area contributed by atoms with Gasteiger partial charge >= 0.3 is 7.82 Å². The molecule has 158 valence electrons. The molecule has 0 spiro atoms. The first kappa shape index (κ1) is 23.1. The fourth-order valence-electron chi connectivity index (χ4n) is 3.72. The largest absolute Gasteiger partial charge is 0.469 e. The number of hydrogen-bond donors (Lipinski definition) is 3. The number of rotatable bonds is 13. The molecule has 2 rings (SSSR count). The molecule has 28 heavy (non-hydrogen) atoms. The molecule has 3 N–H and O–H groups in total. The number of benzene rings is 1. The zero-order valence-electron chi connectivity index (χ0n) is 16.9. The second-order valence-electron chi connectivity index (χ2n) is 8.05. The number of unbranched alkanes of at least 4 members (excludes halogenated alkanes) is 5. The van der Waals surface area contributed by atoms with E-state index in [4.69, 9.17) is 14.3 Å². The highest BCUT2D eigenvalue weighted by molar-refractivity contribution is 7.46. The van der Waals surface area contributed by atoms with Gasteiger partial charge in [-0.1, -0.05) is 63.3 Å². The molecule has 1 aliphatic rings. The summed E-state index contributed by atoms with van der Waals surface area (Å²) in [5, 5.41) is 2.76. The first-order valence-electron chi connectivity index (χ1n) is 10.4. The SMILES string of the molecule is CCCCCCCCc1ccc(CCC2(COP(=O)(O)O)CNC(=O)C2)cc1. The molecule has 7 heteroatoms. The smallest absolute Gasteiger partial charge is 0.355 e. The van der Waals surface area contributed by atoms with E-state index in [-0.39, 0.29) is 18.9 Å². The maximum absolute atomic E-state index is 11.7. The molecule has 0 saturated carbocycles. The summed E-state index contributed by atoms with van der Waals surface area (Å²) in [4.78, 5) is 29.6. The van der Waals surface area contributed by atoms with E-state index in [2.05, 4.69) is 36.5 Å². The lowest BCUT2D eigenvalue weighted by Crippen LogP contribution is -2.30. The third-order valence-corrected chi connectivity index (χ3v) is 5.99. The molecule has 0 aliphatic carbocycles. The van der Waals surface area contributed by atoms with Crippen molar-refractivity contribution >= 4 is 13.7 Å². The molecule has 1 amide bonds. The van der Waals surface area contributed by atoms with Gasteiger partial charge < -0.3 is 15.1 Å². The van der Waals surface area contributed by atoms with E-state index < -0.39 is 13.2 Å². The fraction of sp³-hybridized carbons (Fsp3) is 0.667. The highest BCUT2D eigenvalue weighted by Gasteiger charge is 2.40. The van der Waals surface area contributed by atoms with E-state index in [0.29, 0.717) is 13.0 Å². The first-order chi connectivity index (χ1) is 13.3. The minimum atomic E-state index is -4.54. The number of carbonyl (C=O) groups is 1. The van der Waals surface area contributed by atoms with Crippen LogP contribution in [0.1, 0.15) is 69.4 Å². The maximum Gasteiger partial charge on any atom is 0.469 e. The monoisotopic (exact) mass is 411 g/mol. The van der Waals surface area contributed by atoms with Crippen molar-refractivity contribution < 1.29 is 23.7 Å². The second-order valence-corrected chi connectivity index (χ2v) is 9.29. The molecule has 0 aromatic heterocycles. The van der Waals surface area contributed by atoms with Gasteiger partial charge in [0, 0.05) is 18.4 Å². The molecule has 0 radical (unpaired) electrons. The van der Waals surface area contributed by atoms with Crippen molar-refractivity contribution in [3.63, 3.8) is 0 Å². The Morgan fingerprint density at radius 3 is 2.21 bits per heavy atom. The van der Waals surface area contributed by atoms with Crippen LogP contribution in [0.5, 0.6) is 0 Å². The second kappa shape index (κ2) is 11.1. The van der Waals surface area contributed by atoms with Gasteiger partial charge in [-0.3, -0.25) is 9.32 Å². The van der Waals surface area contributed by atoms with Gasteiger partial charge in [-0.05, 0) is 36.8 Å². The normalized spacial score (nSPS) is 19.8. The summed E-state index contributed by atoms with van der Waals surface area (Å²) >= 11 is 0. The lowest BCUT2D eigenvalue weighted by Gasteiger charge is -2.27. The molecule has 1 saturated heterocycles. The van der Waals surface area contributed by atoms with Gasteiger partial charge in [0.1, 0.15) is 0 Å². The average Bonchev–Trinajstić information content (AvgIpc) is 3.03. The van der Waals surface area contributed by atoms with Gasteiger partial charge in [0.15, 0.2) is 0 Å². The summed E-state index contributed by atoms with van der Waals surface area (Å²) in [7, 11) is -4.54. The van der Waals surface area contributed by atoms with Crippen molar-refractivity contribution in [1.29, 1.82) is 0 Å². The third-order valence-electron chi connectivity index (χ3n) is 5.52. The van der Waals surface area contributed by atoms with Crippen LogP contribution in [-0.2, 0) is 26.7 Å². The summed E-state index contributed by atoms with van der Waals surface area (Å²) in [6, 6.07) is 8.57. The van der Waals surface area contributed by atoms with E-state index in [9.17, 15) is 9.36 Å². The van der Waals surface area contributed by atoms with E-state index in [0.717, 1.165) is 12.8 Å². The molecule has 1 aromatic carbocycles. The Balaban J connectivity index is 1.80. The number of amides is 1. The number of phosphoric acid groups is 1. The van der Waals surface area contributed by atoms with Crippen LogP contribution in [0.3, 0.4) is 0 Å². The van der Waals surface area contributed by atoms with Crippen molar-refractivity contribution in [2.24, 2.45) is 5.41 Å². The summed E-state index contributed by atoms with van der Waals surface area (Å²) in [6.07, 6.45) is 10.5. The van der Waals surface area contributed by atoms with Gasteiger partial charge in [0.05, 0.1) is 6.61 Å². The third kappa shape index (κ3) is 8.44. The van der Waals surface area contributed by atoms with Crippen LogP contribution in [0.4, 0.5) is 0 Å². The van der Waals surface area contributed by atoms with E-state index in [1.165, 1.54) is 49.7 Å². The van der Waals surface area contributed by atoms with E-state index in [1.807, 2.05) is 0 Å². The molecule has 1 atom stereocenters. The van der Waals surface area contributed by atoms with Crippen molar-refractivity contribution in [3.8, 4) is 0 Å². The number of carbonyl (C=O) groups excluding carboxylic acids is 1. The minimum Gasteiger partial charge on any atom is -0.355 e. The molecular weight excluding hydrogens is 377 g/mol. The number of hydrogen-bond acceptors (Lipinski definition) is 3. The van der Waals surface area contributed by atoms with Crippen LogP contribution >= 0.6 is 7.82 Å². The van der Waals surface area contributed by atoms with Crippen LogP contribution in [0, 0.1) is 5.41 Å². The predicted octanol–water partition coefficient (Wildman–Crippen LogP) is 4.14. The highest BCUT2D eigenvalue weighted by atomic mass is 31.2. The molecule has 6 nitrogen and oxygen atoms in total. The lowest BCUT2D eigenvalue weighted by molar-refractivity contribution is -0.119. The van der Waals surface area contributed by atoms with Gasteiger partial charge in [0.25, 0.3) is 0 Å². The Hall–Kier alpha value is -1.20. The Morgan fingerprint density at radius 2 is 1.64 bits per heavy atom. The quantitative estimate of drug-likeness (QED) is 0.335. The summed E-state index contributed by atoms with van der Waals surface area (Å²) in [5.74, 6) is -0.0939. The van der Waals surface area contributed by atoms with Gasteiger partial charge in [0.2, 0.25) is 5.91 Å². The number of nitrogens with one attached hydrogen (secondary N) is 1. The topological polar surface area (TPSA) is 95.9 Å². The van der Waals surface area contributed by atoms with Crippen LogP contribution in [0.15, 0.2) is 24.3 Å². The first-order valence-corrected chi connectivity index (χ1v) is 11.9. The average molecular weight is 411 g/mol. The van der Waals surface area contributed by atoms with Crippen molar-refractivity contribution in [3.05, 3.63) is 35.4 Å². The minimum absolute atomic E-state index is 0.0939. The molecule has 1 unspecified atom stereocenters. The predicted molar refractivity (Wildman–Crippen MR) is 110 cm³/mol.